The van der Waals surface area contributed by atoms with Crippen LogP contribution >= 0.6 is 11.5 Å². The molecule has 1 aromatic carbocycles. The second kappa shape index (κ2) is 9.14. The summed E-state index contributed by atoms with van der Waals surface area (Å²) in [7, 11) is 0. The zero-order valence-electron chi connectivity index (χ0n) is 14.5. The highest BCUT2D eigenvalue weighted by Crippen LogP contribution is 2.16. The molecule has 2 aromatic rings. The van der Waals surface area contributed by atoms with Crippen molar-refractivity contribution in [2.45, 2.75) is 32.9 Å². The van der Waals surface area contributed by atoms with Gasteiger partial charge < -0.3 is 9.47 Å². The predicted octanol–water partition coefficient (Wildman–Crippen LogP) is 0.982. The van der Waals surface area contributed by atoms with Crippen LogP contribution in [0.3, 0.4) is 0 Å². The highest BCUT2D eigenvalue weighted by atomic mass is 32.1. The summed E-state index contributed by atoms with van der Waals surface area (Å²) in [4.78, 5) is 48.1. The fraction of sp³-hybridized carbons (Fsp3) is 0.412. The Hall–Kier alpha value is -2.68. The molecule has 0 bridgehead atoms. The standard InChI is InChI=1S/C17H20N2O6S/c1-3-24-14(20)11-18-16(22)19(26-17(18)23)13(15(21)25-4-2)10-12-8-6-5-7-9-12/h5-9,13H,3-4,10-11H2,1-2H3. The lowest BCUT2D eigenvalue weighted by atomic mass is 10.1. The summed E-state index contributed by atoms with van der Waals surface area (Å²) in [5.74, 6) is -1.30. The molecular formula is C17H20N2O6S. The summed E-state index contributed by atoms with van der Waals surface area (Å²) >= 11 is 0.586. The van der Waals surface area contributed by atoms with Crippen LogP contribution in [0.25, 0.3) is 0 Å². The molecule has 0 N–H and O–H groups in total. The Bertz CT molecular complexity index is 867. The van der Waals surface area contributed by atoms with Crippen LogP contribution in [0.5, 0.6) is 0 Å². The Morgan fingerprint density at radius 2 is 1.73 bits per heavy atom. The van der Waals surface area contributed by atoms with Gasteiger partial charge in [0.05, 0.1) is 13.2 Å². The molecule has 0 aliphatic rings. The van der Waals surface area contributed by atoms with Gasteiger partial charge in [0.2, 0.25) is 0 Å². The van der Waals surface area contributed by atoms with Gasteiger partial charge in [0.25, 0.3) is 0 Å². The van der Waals surface area contributed by atoms with E-state index >= 15 is 0 Å². The van der Waals surface area contributed by atoms with Crippen LogP contribution in [0.2, 0.25) is 0 Å². The monoisotopic (exact) mass is 380 g/mol. The van der Waals surface area contributed by atoms with E-state index in [1.54, 1.807) is 13.8 Å². The van der Waals surface area contributed by atoms with Crippen LogP contribution in [-0.2, 0) is 32.0 Å². The highest BCUT2D eigenvalue weighted by molar-refractivity contribution is 7.03. The molecule has 8 nitrogen and oxygen atoms in total. The summed E-state index contributed by atoms with van der Waals surface area (Å²) in [5.41, 5.74) is 0.0808. The number of rotatable bonds is 8. The van der Waals surface area contributed by atoms with Crippen molar-refractivity contribution < 1.29 is 19.1 Å². The number of carbonyl (C=O) groups is 2. The summed E-state index contributed by atoms with van der Waals surface area (Å²) in [5, 5.41) is 0. The lowest BCUT2D eigenvalue weighted by molar-refractivity contribution is -0.147. The second-order valence-corrected chi connectivity index (χ2v) is 6.24. The molecule has 1 atom stereocenters. The van der Waals surface area contributed by atoms with Gasteiger partial charge in [-0.15, -0.1) is 0 Å². The molecule has 140 valence electrons. The molecule has 0 aliphatic heterocycles. The predicted molar refractivity (Wildman–Crippen MR) is 95.3 cm³/mol. The van der Waals surface area contributed by atoms with Crippen LogP contribution in [0, 0.1) is 0 Å². The third-order valence-electron chi connectivity index (χ3n) is 3.52. The van der Waals surface area contributed by atoms with E-state index in [2.05, 4.69) is 0 Å². The Balaban J connectivity index is 2.38. The number of nitrogens with zero attached hydrogens (tertiary/aromatic N) is 2. The van der Waals surface area contributed by atoms with Gasteiger partial charge in [-0.1, -0.05) is 30.3 Å². The van der Waals surface area contributed by atoms with Gasteiger partial charge >= 0.3 is 22.5 Å². The molecule has 0 fully saturated rings. The Morgan fingerprint density at radius 3 is 2.35 bits per heavy atom. The summed E-state index contributed by atoms with van der Waals surface area (Å²) in [6.45, 7) is 3.09. The molecule has 26 heavy (non-hydrogen) atoms. The number of benzene rings is 1. The van der Waals surface area contributed by atoms with Gasteiger partial charge in [0, 0.05) is 18.0 Å². The summed E-state index contributed by atoms with van der Waals surface area (Å²) < 4.78 is 11.7. The van der Waals surface area contributed by atoms with Gasteiger partial charge in [-0.25, -0.2) is 18.1 Å². The highest BCUT2D eigenvalue weighted by Gasteiger charge is 2.27. The van der Waals surface area contributed by atoms with Crippen molar-refractivity contribution in [3.05, 3.63) is 56.0 Å². The first kappa shape index (κ1) is 19.6. The molecule has 1 aromatic heterocycles. The van der Waals surface area contributed by atoms with Crippen molar-refractivity contribution in [3.8, 4) is 0 Å². The molecular weight excluding hydrogens is 360 g/mol. The molecule has 1 unspecified atom stereocenters. The van der Waals surface area contributed by atoms with Crippen LogP contribution < -0.4 is 10.6 Å². The molecule has 0 amide bonds. The molecule has 2 rings (SSSR count). The zero-order valence-corrected chi connectivity index (χ0v) is 15.4. The first-order valence-electron chi connectivity index (χ1n) is 8.16. The zero-order chi connectivity index (χ0) is 19.1. The van der Waals surface area contributed by atoms with E-state index < -0.39 is 35.1 Å². The quantitative estimate of drug-likeness (QED) is 0.634. The lowest BCUT2D eigenvalue weighted by Crippen LogP contribution is -2.36. The topological polar surface area (TPSA) is 96.6 Å². The second-order valence-electron chi connectivity index (χ2n) is 5.31. The first-order valence-corrected chi connectivity index (χ1v) is 8.94. The summed E-state index contributed by atoms with van der Waals surface area (Å²) in [6, 6.07) is 8.11. The van der Waals surface area contributed by atoms with Gasteiger partial charge in [-0.2, -0.15) is 0 Å². The summed E-state index contributed by atoms with van der Waals surface area (Å²) in [6.07, 6.45) is 0.193. The van der Waals surface area contributed by atoms with Crippen LogP contribution in [0.15, 0.2) is 39.9 Å². The molecule has 9 heteroatoms. The van der Waals surface area contributed by atoms with Gasteiger partial charge in [0.1, 0.15) is 6.54 Å². The largest absolute Gasteiger partial charge is 0.465 e. The average molecular weight is 380 g/mol. The maximum Gasteiger partial charge on any atom is 0.342 e. The van der Waals surface area contributed by atoms with E-state index in [1.165, 1.54) is 0 Å². The van der Waals surface area contributed by atoms with Crippen molar-refractivity contribution in [1.29, 1.82) is 0 Å². The normalized spacial score (nSPS) is 11.8. The lowest BCUT2D eigenvalue weighted by Gasteiger charge is -2.15. The van der Waals surface area contributed by atoms with Gasteiger partial charge in [-0.05, 0) is 19.4 Å². The third kappa shape index (κ3) is 4.69. The molecule has 0 radical (unpaired) electrons. The minimum absolute atomic E-state index is 0.144. The molecule has 0 saturated carbocycles. The molecule has 0 spiro atoms. The van der Waals surface area contributed by atoms with E-state index in [1.807, 2.05) is 30.3 Å². The fourth-order valence-corrected chi connectivity index (χ4v) is 3.25. The van der Waals surface area contributed by atoms with Crippen molar-refractivity contribution in [1.82, 2.24) is 8.52 Å². The Labute approximate surface area is 153 Å². The number of esters is 2. The molecule has 0 saturated heterocycles. The van der Waals surface area contributed by atoms with Crippen LogP contribution in [-0.4, -0.2) is 33.7 Å². The maximum absolute atomic E-state index is 12.6. The minimum atomic E-state index is -0.981. The Kier molecular flexibility index (Phi) is 6.90. The SMILES string of the molecule is CCOC(=O)Cn1c(=O)sn(C(Cc2ccccc2)C(=O)OCC)c1=O. The van der Waals surface area contributed by atoms with Crippen LogP contribution in [0.4, 0.5) is 0 Å². The average Bonchev–Trinajstić information content (AvgIpc) is 2.89. The van der Waals surface area contributed by atoms with Crippen molar-refractivity contribution in [2.24, 2.45) is 0 Å². The van der Waals surface area contributed by atoms with Crippen molar-refractivity contribution in [2.75, 3.05) is 13.2 Å². The maximum atomic E-state index is 12.6. The van der Waals surface area contributed by atoms with Gasteiger partial charge in [0.15, 0.2) is 6.04 Å². The van der Waals surface area contributed by atoms with E-state index in [0.717, 1.165) is 14.1 Å². The molecule has 1 heterocycles. The van der Waals surface area contributed by atoms with Crippen molar-refractivity contribution in [3.63, 3.8) is 0 Å². The van der Waals surface area contributed by atoms with E-state index in [9.17, 15) is 19.2 Å². The number of hydrogen-bond donors (Lipinski definition) is 0. The minimum Gasteiger partial charge on any atom is -0.465 e. The first-order chi connectivity index (χ1) is 12.5. The number of aromatic nitrogens is 2. The van der Waals surface area contributed by atoms with E-state index in [-0.39, 0.29) is 19.6 Å². The third-order valence-corrected chi connectivity index (χ3v) is 4.51. The molecule has 0 aliphatic carbocycles. The number of carbonyl (C=O) groups excluding carboxylic acids is 2. The van der Waals surface area contributed by atoms with Gasteiger partial charge in [-0.3, -0.25) is 9.59 Å². The van der Waals surface area contributed by atoms with Crippen LogP contribution in [0.1, 0.15) is 25.5 Å². The Morgan fingerprint density at radius 1 is 1.08 bits per heavy atom. The van der Waals surface area contributed by atoms with E-state index in [0.29, 0.717) is 11.5 Å². The fourth-order valence-electron chi connectivity index (χ4n) is 2.37. The van der Waals surface area contributed by atoms with E-state index in [4.69, 9.17) is 9.47 Å². The number of ether oxygens (including phenoxy) is 2. The van der Waals surface area contributed by atoms with Crippen molar-refractivity contribution >= 4 is 23.5 Å². The number of hydrogen-bond acceptors (Lipinski definition) is 7. The smallest absolute Gasteiger partial charge is 0.342 e.